The zero-order chi connectivity index (χ0) is 15.7. The first-order chi connectivity index (χ1) is 10.6. The van der Waals surface area contributed by atoms with Crippen LogP contribution >= 0.6 is 11.6 Å². The summed E-state index contributed by atoms with van der Waals surface area (Å²) in [6.45, 7) is 1.58. The van der Waals surface area contributed by atoms with E-state index in [1.54, 1.807) is 25.4 Å². The van der Waals surface area contributed by atoms with E-state index in [2.05, 4.69) is 15.0 Å². The van der Waals surface area contributed by atoms with Crippen LogP contribution in [0.15, 0.2) is 41.7 Å². The van der Waals surface area contributed by atoms with E-state index in [0.29, 0.717) is 16.6 Å². The molecule has 6 nitrogen and oxygen atoms in total. The molecule has 3 aromatic rings. The first kappa shape index (κ1) is 14.6. The van der Waals surface area contributed by atoms with Gasteiger partial charge in [-0.2, -0.15) is 0 Å². The molecule has 7 heteroatoms. The van der Waals surface area contributed by atoms with Crippen LogP contribution in [0.1, 0.15) is 13.0 Å². The van der Waals surface area contributed by atoms with E-state index in [9.17, 15) is 9.90 Å². The van der Waals surface area contributed by atoms with Gasteiger partial charge in [0.05, 0.1) is 24.4 Å². The van der Waals surface area contributed by atoms with Crippen LogP contribution in [0.2, 0.25) is 5.15 Å². The van der Waals surface area contributed by atoms with Crippen LogP contribution in [0.25, 0.3) is 22.2 Å². The smallest absolute Gasteiger partial charge is 0.261 e. The highest BCUT2D eigenvalue weighted by atomic mass is 35.5. The number of nitrogens with zero attached hydrogens (tertiary/aromatic N) is 4. The van der Waals surface area contributed by atoms with Gasteiger partial charge in [0.1, 0.15) is 16.4 Å². The Balaban J connectivity index is 2.33. The van der Waals surface area contributed by atoms with Gasteiger partial charge in [0.25, 0.3) is 5.56 Å². The molecule has 1 unspecified atom stereocenters. The number of halogens is 1. The summed E-state index contributed by atoms with van der Waals surface area (Å²) in [6, 6.07) is 4.73. The van der Waals surface area contributed by atoms with Crippen molar-refractivity contribution in [2.75, 3.05) is 6.61 Å². The summed E-state index contributed by atoms with van der Waals surface area (Å²) in [7, 11) is 0. The summed E-state index contributed by atoms with van der Waals surface area (Å²) in [6.07, 6.45) is 4.71. The first-order valence-electron chi connectivity index (χ1n) is 6.70. The van der Waals surface area contributed by atoms with Crippen molar-refractivity contribution in [3.8, 4) is 11.3 Å². The molecule has 0 saturated heterocycles. The normalized spacial score (nSPS) is 12.5. The van der Waals surface area contributed by atoms with Gasteiger partial charge in [-0.1, -0.05) is 11.6 Å². The number of aliphatic hydroxyl groups is 1. The summed E-state index contributed by atoms with van der Waals surface area (Å²) in [5, 5.41) is 9.81. The molecular weight excluding hydrogens is 304 g/mol. The van der Waals surface area contributed by atoms with Crippen LogP contribution in [0.3, 0.4) is 0 Å². The number of aliphatic hydroxyl groups excluding tert-OH is 1. The zero-order valence-electron chi connectivity index (χ0n) is 11.8. The van der Waals surface area contributed by atoms with Crippen molar-refractivity contribution in [1.29, 1.82) is 0 Å². The molecule has 0 aliphatic carbocycles. The van der Waals surface area contributed by atoms with E-state index >= 15 is 0 Å². The van der Waals surface area contributed by atoms with Gasteiger partial charge in [0, 0.05) is 18.0 Å². The molecule has 0 spiro atoms. The van der Waals surface area contributed by atoms with Gasteiger partial charge in [0.15, 0.2) is 0 Å². The standard InChI is InChI=1S/C15H13ClN4O2/c1-9(7-21)20-8-18-14-11(15(20)22)5-12(16)19-13(14)10-3-2-4-17-6-10/h2-6,8-9,21H,7H2,1H3. The average Bonchev–Trinajstić information content (AvgIpc) is 2.55. The predicted molar refractivity (Wildman–Crippen MR) is 83.8 cm³/mol. The third-order valence-corrected chi connectivity index (χ3v) is 3.61. The fraction of sp³-hybridized carbons (Fsp3) is 0.200. The van der Waals surface area contributed by atoms with Crippen LogP contribution in [0, 0.1) is 0 Å². The number of aromatic nitrogens is 4. The summed E-state index contributed by atoms with van der Waals surface area (Å²) >= 11 is 6.05. The van der Waals surface area contributed by atoms with Crippen molar-refractivity contribution in [3.05, 3.63) is 52.4 Å². The monoisotopic (exact) mass is 316 g/mol. The van der Waals surface area contributed by atoms with Crippen molar-refractivity contribution in [2.24, 2.45) is 0 Å². The maximum atomic E-state index is 12.6. The lowest BCUT2D eigenvalue weighted by atomic mass is 10.1. The van der Waals surface area contributed by atoms with Gasteiger partial charge in [-0.05, 0) is 25.1 Å². The third-order valence-electron chi connectivity index (χ3n) is 3.41. The Morgan fingerprint density at radius 1 is 1.45 bits per heavy atom. The highest BCUT2D eigenvalue weighted by molar-refractivity contribution is 6.30. The number of rotatable bonds is 3. The van der Waals surface area contributed by atoms with Crippen LogP contribution in [0.4, 0.5) is 0 Å². The van der Waals surface area contributed by atoms with Gasteiger partial charge in [0.2, 0.25) is 0 Å². The molecule has 0 aliphatic heterocycles. The van der Waals surface area contributed by atoms with Crippen molar-refractivity contribution >= 4 is 22.5 Å². The first-order valence-corrected chi connectivity index (χ1v) is 7.08. The Bertz CT molecular complexity index is 880. The van der Waals surface area contributed by atoms with Crippen LogP contribution in [-0.2, 0) is 0 Å². The molecule has 0 amide bonds. The molecular formula is C15H13ClN4O2. The second-order valence-electron chi connectivity index (χ2n) is 4.92. The molecule has 0 fully saturated rings. The molecule has 3 rings (SSSR count). The fourth-order valence-corrected chi connectivity index (χ4v) is 2.41. The highest BCUT2D eigenvalue weighted by Gasteiger charge is 2.15. The SMILES string of the molecule is CC(CO)n1cnc2c(-c3cccnc3)nc(Cl)cc2c1=O. The third kappa shape index (κ3) is 2.47. The van der Waals surface area contributed by atoms with E-state index in [1.807, 2.05) is 6.07 Å². The Hall–Kier alpha value is -2.31. The van der Waals surface area contributed by atoms with E-state index in [4.69, 9.17) is 11.6 Å². The quantitative estimate of drug-likeness (QED) is 0.748. The van der Waals surface area contributed by atoms with E-state index in [0.717, 1.165) is 5.56 Å². The lowest BCUT2D eigenvalue weighted by molar-refractivity contribution is 0.236. The maximum absolute atomic E-state index is 12.6. The minimum absolute atomic E-state index is 0.151. The maximum Gasteiger partial charge on any atom is 0.261 e. The number of pyridine rings is 2. The minimum Gasteiger partial charge on any atom is -0.394 e. The largest absolute Gasteiger partial charge is 0.394 e. The van der Waals surface area contributed by atoms with Gasteiger partial charge in [-0.3, -0.25) is 14.3 Å². The fourth-order valence-electron chi connectivity index (χ4n) is 2.22. The molecule has 1 atom stereocenters. The van der Waals surface area contributed by atoms with Crippen molar-refractivity contribution < 1.29 is 5.11 Å². The average molecular weight is 317 g/mol. The van der Waals surface area contributed by atoms with Gasteiger partial charge in [-0.15, -0.1) is 0 Å². The molecule has 3 aromatic heterocycles. The predicted octanol–water partition coefficient (Wildman–Crippen LogP) is 2.06. The van der Waals surface area contributed by atoms with E-state index in [1.165, 1.54) is 17.0 Å². The molecule has 3 heterocycles. The minimum atomic E-state index is -0.363. The summed E-state index contributed by atoms with van der Waals surface area (Å²) in [5.74, 6) is 0. The summed E-state index contributed by atoms with van der Waals surface area (Å²) < 4.78 is 1.38. The lowest BCUT2D eigenvalue weighted by Crippen LogP contribution is -2.25. The Morgan fingerprint density at radius 3 is 2.95 bits per heavy atom. The van der Waals surface area contributed by atoms with E-state index in [-0.39, 0.29) is 23.4 Å². The summed E-state index contributed by atoms with van der Waals surface area (Å²) in [4.78, 5) is 25.2. The Morgan fingerprint density at radius 2 is 2.27 bits per heavy atom. The van der Waals surface area contributed by atoms with Gasteiger partial charge >= 0.3 is 0 Å². The van der Waals surface area contributed by atoms with Crippen LogP contribution in [0.5, 0.6) is 0 Å². The van der Waals surface area contributed by atoms with Crippen LogP contribution in [-0.4, -0.2) is 31.2 Å². The number of hydrogen-bond acceptors (Lipinski definition) is 5. The summed E-state index contributed by atoms with van der Waals surface area (Å²) in [5.41, 5.74) is 1.44. The van der Waals surface area contributed by atoms with Crippen molar-refractivity contribution in [1.82, 2.24) is 19.5 Å². The topological polar surface area (TPSA) is 80.9 Å². The van der Waals surface area contributed by atoms with Gasteiger partial charge in [-0.25, -0.2) is 9.97 Å². The Labute approximate surface area is 131 Å². The lowest BCUT2D eigenvalue weighted by Gasteiger charge is -2.13. The molecule has 0 aromatic carbocycles. The second kappa shape index (κ2) is 5.82. The van der Waals surface area contributed by atoms with Crippen molar-refractivity contribution in [3.63, 3.8) is 0 Å². The number of hydrogen-bond donors (Lipinski definition) is 1. The molecule has 0 aliphatic rings. The van der Waals surface area contributed by atoms with E-state index < -0.39 is 0 Å². The second-order valence-corrected chi connectivity index (χ2v) is 5.31. The molecule has 1 N–H and O–H groups in total. The number of fused-ring (bicyclic) bond motifs is 1. The van der Waals surface area contributed by atoms with Crippen LogP contribution < -0.4 is 5.56 Å². The Kier molecular flexibility index (Phi) is 3.87. The van der Waals surface area contributed by atoms with Gasteiger partial charge < -0.3 is 5.11 Å². The molecule has 22 heavy (non-hydrogen) atoms. The molecule has 112 valence electrons. The zero-order valence-corrected chi connectivity index (χ0v) is 12.5. The molecule has 0 bridgehead atoms. The molecule has 0 saturated carbocycles. The molecule has 0 radical (unpaired) electrons. The highest BCUT2D eigenvalue weighted by Crippen LogP contribution is 2.25. The van der Waals surface area contributed by atoms with Crippen molar-refractivity contribution in [2.45, 2.75) is 13.0 Å².